The Labute approximate surface area is 109 Å². The summed E-state index contributed by atoms with van der Waals surface area (Å²) in [6, 6.07) is 8.07. The zero-order valence-corrected chi connectivity index (χ0v) is 11.8. The zero-order chi connectivity index (χ0) is 11.8. The Balaban J connectivity index is 2.36. The van der Waals surface area contributed by atoms with E-state index in [0.717, 1.165) is 18.0 Å². The molecule has 4 heteroatoms. The predicted octanol–water partition coefficient (Wildman–Crippen LogP) is 3.30. The summed E-state index contributed by atoms with van der Waals surface area (Å²) in [6.45, 7) is 4.56. The first-order chi connectivity index (χ1) is 7.50. The predicted molar refractivity (Wildman–Crippen MR) is 72.5 cm³/mol. The fraction of sp³-hybridized carbons (Fsp3) is 0.417. The van der Waals surface area contributed by atoms with Gasteiger partial charge in [-0.05, 0) is 26.0 Å². The van der Waals surface area contributed by atoms with Crippen LogP contribution in [0.1, 0.15) is 13.8 Å². The lowest BCUT2D eigenvalue weighted by molar-refractivity contribution is -0.119. The highest BCUT2D eigenvalue weighted by Gasteiger charge is 2.32. The van der Waals surface area contributed by atoms with Crippen LogP contribution < -0.4 is 4.90 Å². The van der Waals surface area contributed by atoms with E-state index in [4.69, 9.17) is 0 Å². The topological polar surface area (TPSA) is 20.3 Å². The second-order valence-electron chi connectivity index (χ2n) is 4.25. The van der Waals surface area contributed by atoms with E-state index in [1.165, 1.54) is 4.90 Å². The van der Waals surface area contributed by atoms with Gasteiger partial charge in [-0.15, -0.1) is 11.8 Å². The molecule has 1 aromatic carbocycles. The van der Waals surface area contributed by atoms with E-state index in [2.05, 4.69) is 22.0 Å². The third-order valence-electron chi connectivity index (χ3n) is 2.48. The van der Waals surface area contributed by atoms with Crippen LogP contribution >= 0.6 is 27.7 Å². The number of benzene rings is 1. The minimum absolute atomic E-state index is 0.125. The highest BCUT2D eigenvalue weighted by molar-refractivity contribution is 9.10. The number of hydrogen-bond acceptors (Lipinski definition) is 2. The Kier molecular flexibility index (Phi) is 3.31. The number of halogens is 1. The SMILES string of the molecule is CC(C)(Br)C(=O)N1CCSc2ccccc21. The second kappa shape index (κ2) is 4.41. The third-order valence-corrected chi connectivity index (χ3v) is 3.86. The lowest BCUT2D eigenvalue weighted by Crippen LogP contribution is -2.44. The molecule has 86 valence electrons. The Morgan fingerprint density at radius 2 is 2.12 bits per heavy atom. The number of rotatable bonds is 1. The number of fused-ring (bicyclic) bond motifs is 1. The van der Waals surface area contributed by atoms with Gasteiger partial charge in [0.1, 0.15) is 0 Å². The number of para-hydroxylation sites is 1. The summed E-state index contributed by atoms with van der Waals surface area (Å²) in [6.07, 6.45) is 0. The molecule has 1 heterocycles. The summed E-state index contributed by atoms with van der Waals surface area (Å²) in [5, 5.41) is 0. The molecule has 0 N–H and O–H groups in total. The number of hydrogen-bond donors (Lipinski definition) is 0. The van der Waals surface area contributed by atoms with Gasteiger partial charge in [0.25, 0.3) is 0 Å². The number of carbonyl (C=O) groups excluding carboxylic acids is 1. The molecule has 0 aliphatic carbocycles. The Morgan fingerprint density at radius 3 is 2.81 bits per heavy atom. The number of amides is 1. The van der Waals surface area contributed by atoms with Crippen LogP contribution in [0.5, 0.6) is 0 Å². The monoisotopic (exact) mass is 299 g/mol. The Hall–Kier alpha value is -0.480. The van der Waals surface area contributed by atoms with Crippen LogP contribution in [0.15, 0.2) is 29.2 Å². The van der Waals surface area contributed by atoms with E-state index < -0.39 is 4.32 Å². The van der Waals surface area contributed by atoms with Gasteiger partial charge in [-0.25, -0.2) is 0 Å². The molecule has 0 atom stereocenters. The molecule has 0 saturated heterocycles. The van der Waals surface area contributed by atoms with Crippen LogP contribution in [0.2, 0.25) is 0 Å². The molecule has 0 aromatic heterocycles. The molecule has 1 aliphatic rings. The summed E-state index contributed by atoms with van der Waals surface area (Å²) < 4.78 is -0.498. The summed E-state index contributed by atoms with van der Waals surface area (Å²) in [4.78, 5) is 15.3. The van der Waals surface area contributed by atoms with Crippen LogP contribution in [-0.2, 0) is 4.79 Å². The summed E-state index contributed by atoms with van der Waals surface area (Å²) >= 11 is 5.24. The van der Waals surface area contributed by atoms with Gasteiger partial charge in [0.05, 0.1) is 10.0 Å². The van der Waals surface area contributed by atoms with E-state index in [-0.39, 0.29) is 5.91 Å². The van der Waals surface area contributed by atoms with E-state index in [1.807, 2.05) is 48.7 Å². The van der Waals surface area contributed by atoms with Gasteiger partial charge < -0.3 is 4.90 Å². The zero-order valence-electron chi connectivity index (χ0n) is 9.37. The molecule has 16 heavy (non-hydrogen) atoms. The van der Waals surface area contributed by atoms with Crippen molar-refractivity contribution in [2.45, 2.75) is 23.1 Å². The number of anilines is 1. The molecular weight excluding hydrogens is 286 g/mol. The average Bonchev–Trinajstić information content (AvgIpc) is 2.26. The second-order valence-corrected chi connectivity index (χ2v) is 7.36. The Bertz CT molecular complexity index is 414. The van der Waals surface area contributed by atoms with Gasteiger partial charge in [-0.3, -0.25) is 4.79 Å². The fourth-order valence-corrected chi connectivity index (χ4v) is 2.91. The van der Waals surface area contributed by atoms with E-state index in [1.54, 1.807) is 0 Å². The molecule has 0 fully saturated rings. The highest BCUT2D eigenvalue weighted by atomic mass is 79.9. The molecule has 2 nitrogen and oxygen atoms in total. The lowest BCUT2D eigenvalue weighted by Gasteiger charge is -2.32. The number of thioether (sulfide) groups is 1. The van der Waals surface area contributed by atoms with Gasteiger partial charge in [0, 0.05) is 17.2 Å². The summed E-state index contributed by atoms with van der Waals surface area (Å²) in [5.41, 5.74) is 1.04. The highest BCUT2D eigenvalue weighted by Crippen LogP contribution is 2.36. The molecular formula is C12H14BrNOS. The maximum Gasteiger partial charge on any atom is 0.243 e. The van der Waals surface area contributed by atoms with Crippen LogP contribution in [0.25, 0.3) is 0 Å². The van der Waals surface area contributed by atoms with Crippen molar-refractivity contribution in [1.82, 2.24) is 0 Å². The molecule has 1 aromatic rings. The van der Waals surface area contributed by atoms with Crippen molar-refractivity contribution in [3.8, 4) is 0 Å². The first kappa shape index (κ1) is 12.0. The third kappa shape index (κ3) is 2.28. The largest absolute Gasteiger partial charge is 0.309 e. The first-order valence-electron chi connectivity index (χ1n) is 5.23. The molecule has 1 aliphatic heterocycles. The van der Waals surface area contributed by atoms with Crippen molar-refractivity contribution in [3.63, 3.8) is 0 Å². The molecule has 0 spiro atoms. The van der Waals surface area contributed by atoms with Crippen LogP contribution in [0, 0.1) is 0 Å². The molecule has 0 saturated carbocycles. The number of carbonyl (C=O) groups is 1. The maximum absolute atomic E-state index is 12.3. The quantitative estimate of drug-likeness (QED) is 0.742. The molecule has 2 rings (SSSR count). The summed E-state index contributed by atoms with van der Waals surface area (Å²) in [7, 11) is 0. The maximum atomic E-state index is 12.3. The smallest absolute Gasteiger partial charge is 0.243 e. The normalized spacial score (nSPS) is 15.8. The van der Waals surface area contributed by atoms with Gasteiger partial charge in [0.2, 0.25) is 5.91 Å². The van der Waals surface area contributed by atoms with Crippen molar-refractivity contribution in [3.05, 3.63) is 24.3 Å². The van der Waals surface area contributed by atoms with Crippen LogP contribution in [-0.4, -0.2) is 22.5 Å². The number of nitrogens with zero attached hydrogens (tertiary/aromatic N) is 1. The lowest BCUT2D eigenvalue weighted by atomic mass is 10.1. The minimum atomic E-state index is -0.498. The molecule has 1 amide bonds. The standard InChI is InChI=1S/C12H14BrNOS/c1-12(2,13)11(15)14-7-8-16-10-6-4-3-5-9(10)14/h3-6H,7-8H2,1-2H3. The van der Waals surface area contributed by atoms with E-state index in [0.29, 0.717) is 0 Å². The van der Waals surface area contributed by atoms with Crippen LogP contribution in [0.3, 0.4) is 0 Å². The fourth-order valence-electron chi connectivity index (χ4n) is 1.70. The minimum Gasteiger partial charge on any atom is -0.309 e. The van der Waals surface area contributed by atoms with E-state index in [9.17, 15) is 4.79 Å². The average molecular weight is 300 g/mol. The van der Waals surface area contributed by atoms with Crippen LogP contribution in [0.4, 0.5) is 5.69 Å². The van der Waals surface area contributed by atoms with Crippen molar-refractivity contribution < 1.29 is 4.79 Å². The van der Waals surface area contributed by atoms with Gasteiger partial charge in [-0.1, -0.05) is 28.1 Å². The molecule has 0 unspecified atom stereocenters. The van der Waals surface area contributed by atoms with Crippen molar-refractivity contribution in [1.29, 1.82) is 0 Å². The molecule has 0 bridgehead atoms. The number of alkyl halides is 1. The van der Waals surface area contributed by atoms with Gasteiger partial charge >= 0.3 is 0 Å². The van der Waals surface area contributed by atoms with Crippen molar-refractivity contribution >= 4 is 39.3 Å². The molecule has 0 radical (unpaired) electrons. The van der Waals surface area contributed by atoms with E-state index >= 15 is 0 Å². The van der Waals surface area contributed by atoms with Gasteiger partial charge in [0.15, 0.2) is 0 Å². The van der Waals surface area contributed by atoms with Crippen molar-refractivity contribution in [2.75, 3.05) is 17.2 Å². The Morgan fingerprint density at radius 1 is 1.44 bits per heavy atom. The first-order valence-corrected chi connectivity index (χ1v) is 7.01. The van der Waals surface area contributed by atoms with Crippen molar-refractivity contribution in [2.24, 2.45) is 0 Å². The van der Waals surface area contributed by atoms with Gasteiger partial charge in [-0.2, -0.15) is 0 Å². The summed E-state index contributed by atoms with van der Waals surface area (Å²) in [5.74, 6) is 1.09.